The Balaban J connectivity index is 2.70. The molecule has 0 aliphatic carbocycles. The van der Waals surface area contributed by atoms with E-state index in [9.17, 15) is 0 Å². The van der Waals surface area contributed by atoms with Crippen molar-refractivity contribution in [2.24, 2.45) is 0 Å². The highest BCUT2D eigenvalue weighted by Crippen LogP contribution is 2.32. The zero-order chi connectivity index (χ0) is 12.4. The molecule has 1 heterocycles. The van der Waals surface area contributed by atoms with Gasteiger partial charge in [-0.05, 0) is 43.2 Å². The summed E-state index contributed by atoms with van der Waals surface area (Å²) < 4.78 is 6.17. The number of nitrogens with one attached hydrogen (secondary N) is 1. The first-order valence-corrected chi connectivity index (χ1v) is 5.87. The number of hydrogen-bond acceptors (Lipinski definition) is 2. The molecule has 88 valence electrons. The maximum Gasteiger partial charge on any atom is 0.128 e. The second-order valence-electron chi connectivity index (χ2n) is 4.09. The molecule has 1 N–H and O–H groups in total. The summed E-state index contributed by atoms with van der Waals surface area (Å²) in [6, 6.07) is 10.0. The van der Waals surface area contributed by atoms with Crippen molar-refractivity contribution in [3.05, 3.63) is 46.1 Å². The van der Waals surface area contributed by atoms with Gasteiger partial charge >= 0.3 is 0 Å². The lowest BCUT2D eigenvalue weighted by molar-refractivity contribution is 0.415. The van der Waals surface area contributed by atoms with Crippen LogP contribution in [0.25, 0.3) is 11.3 Å². The van der Waals surface area contributed by atoms with E-state index in [1.807, 2.05) is 24.3 Å². The van der Waals surface area contributed by atoms with E-state index in [0.717, 1.165) is 21.6 Å². The summed E-state index contributed by atoms with van der Waals surface area (Å²) in [7, 11) is 1.69. The number of aryl methyl sites for hydroxylation is 2. The van der Waals surface area contributed by atoms with Crippen LogP contribution < -0.4 is 4.74 Å². The van der Waals surface area contributed by atoms with Crippen molar-refractivity contribution < 1.29 is 4.74 Å². The van der Waals surface area contributed by atoms with Crippen LogP contribution in [-0.2, 0) is 0 Å². The first-order valence-electron chi connectivity index (χ1n) is 5.47. The SMILES string of the molecule is COc1cc(C)cc(C)c1-c1cccc(=S)[nH]1. The molecule has 0 bridgehead atoms. The number of benzene rings is 1. The van der Waals surface area contributed by atoms with E-state index in [1.54, 1.807) is 7.11 Å². The van der Waals surface area contributed by atoms with Crippen LogP contribution in [0.15, 0.2) is 30.3 Å². The van der Waals surface area contributed by atoms with Gasteiger partial charge in [0, 0.05) is 5.56 Å². The highest BCUT2D eigenvalue weighted by Gasteiger charge is 2.10. The highest BCUT2D eigenvalue weighted by atomic mass is 32.1. The molecule has 1 aromatic heterocycles. The Morgan fingerprint density at radius 2 is 1.94 bits per heavy atom. The van der Waals surface area contributed by atoms with E-state index < -0.39 is 0 Å². The molecule has 2 aromatic rings. The molecular formula is C14H15NOS. The molecule has 0 atom stereocenters. The fraction of sp³-hybridized carbons (Fsp3) is 0.214. The van der Waals surface area contributed by atoms with Gasteiger partial charge in [0.15, 0.2) is 0 Å². The van der Waals surface area contributed by atoms with E-state index in [1.165, 1.54) is 11.1 Å². The number of pyridine rings is 1. The normalized spacial score (nSPS) is 10.3. The summed E-state index contributed by atoms with van der Waals surface area (Å²) in [5.41, 5.74) is 4.44. The largest absolute Gasteiger partial charge is 0.496 e. The van der Waals surface area contributed by atoms with Crippen LogP contribution in [0.4, 0.5) is 0 Å². The van der Waals surface area contributed by atoms with Crippen LogP contribution in [0, 0.1) is 18.5 Å². The maximum atomic E-state index is 5.45. The molecule has 0 spiro atoms. The molecule has 1 aromatic carbocycles. The van der Waals surface area contributed by atoms with Crippen molar-refractivity contribution in [3.63, 3.8) is 0 Å². The predicted molar refractivity (Wildman–Crippen MR) is 73.1 cm³/mol. The van der Waals surface area contributed by atoms with Crippen molar-refractivity contribution in [2.75, 3.05) is 7.11 Å². The summed E-state index contributed by atoms with van der Waals surface area (Å²) >= 11 is 5.15. The zero-order valence-corrected chi connectivity index (χ0v) is 11.0. The molecule has 0 saturated heterocycles. The summed E-state index contributed by atoms with van der Waals surface area (Å²) in [5.74, 6) is 0.874. The Morgan fingerprint density at radius 1 is 1.18 bits per heavy atom. The number of ether oxygens (including phenoxy) is 1. The third kappa shape index (κ3) is 2.39. The van der Waals surface area contributed by atoms with Gasteiger partial charge in [-0.25, -0.2) is 0 Å². The van der Waals surface area contributed by atoms with Gasteiger partial charge < -0.3 is 9.72 Å². The number of aromatic nitrogens is 1. The fourth-order valence-electron chi connectivity index (χ4n) is 2.03. The fourth-order valence-corrected chi connectivity index (χ4v) is 2.22. The van der Waals surface area contributed by atoms with E-state index in [2.05, 4.69) is 24.9 Å². The molecule has 3 heteroatoms. The van der Waals surface area contributed by atoms with Gasteiger partial charge in [-0.2, -0.15) is 0 Å². The lowest BCUT2D eigenvalue weighted by Gasteiger charge is -2.13. The third-order valence-electron chi connectivity index (χ3n) is 2.70. The standard InChI is InChI=1S/C14H15NOS/c1-9-7-10(2)14(12(8-9)16-3)11-5-4-6-13(17)15-11/h4-8H,1-3H3,(H,15,17). The van der Waals surface area contributed by atoms with Crippen molar-refractivity contribution in [2.45, 2.75) is 13.8 Å². The molecule has 2 rings (SSSR count). The van der Waals surface area contributed by atoms with Crippen LogP contribution in [0.2, 0.25) is 0 Å². The summed E-state index contributed by atoms with van der Waals surface area (Å²) in [5, 5.41) is 0. The molecule has 2 nitrogen and oxygen atoms in total. The van der Waals surface area contributed by atoms with Crippen LogP contribution in [0.3, 0.4) is 0 Å². The minimum Gasteiger partial charge on any atom is -0.496 e. The van der Waals surface area contributed by atoms with E-state index in [4.69, 9.17) is 17.0 Å². The molecule has 0 fully saturated rings. The Labute approximate surface area is 106 Å². The maximum absolute atomic E-state index is 5.45. The van der Waals surface area contributed by atoms with Crippen LogP contribution in [0.5, 0.6) is 5.75 Å². The van der Waals surface area contributed by atoms with Gasteiger partial charge in [0.2, 0.25) is 0 Å². The molecule has 0 aliphatic heterocycles. The monoisotopic (exact) mass is 245 g/mol. The first-order chi connectivity index (χ1) is 8.11. The minimum absolute atomic E-state index is 0.726. The predicted octanol–water partition coefficient (Wildman–Crippen LogP) is 4.04. The van der Waals surface area contributed by atoms with Crippen LogP contribution in [-0.4, -0.2) is 12.1 Å². The molecular weight excluding hydrogens is 230 g/mol. The van der Waals surface area contributed by atoms with Gasteiger partial charge in [-0.15, -0.1) is 0 Å². The number of methoxy groups -OCH3 is 1. The average Bonchev–Trinajstić information content (AvgIpc) is 2.27. The Morgan fingerprint density at radius 3 is 2.59 bits per heavy atom. The van der Waals surface area contributed by atoms with Crippen LogP contribution in [0.1, 0.15) is 11.1 Å². The molecule has 0 amide bonds. The summed E-state index contributed by atoms with van der Waals surface area (Å²) in [6.45, 7) is 4.14. The van der Waals surface area contributed by atoms with Gasteiger partial charge in [0.05, 0.1) is 12.8 Å². The Hall–Kier alpha value is -1.61. The Kier molecular flexibility index (Phi) is 3.29. The van der Waals surface area contributed by atoms with Gasteiger partial charge in [0.25, 0.3) is 0 Å². The minimum atomic E-state index is 0.726. The second-order valence-corrected chi connectivity index (χ2v) is 4.53. The third-order valence-corrected chi connectivity index (χ3v) is 2.94. The van der Waals surface area contributed by atoms with Crippen molar-refractivity contribution in [3.8, 4) is 17.0 Å². The van der Waals surface area contributed by atoms with E-state index in [-0.39, 0.29) is 0 Å². The summed E-state index contributed by atoms with van der Waals surface area (Å²) in [4.78, 5) is 3.19. The molecule has 0 radical (unpaired) electrons. The highest BCUT2D eigenvalue weighted by molar-refractivity contribution is 7.71. The molecule has 0 aliphatic rings. The van der Waals surface area contributed by atoms with Gasteiger partial charge in [0.1, 0.15) is 10.4 Å². The van der Waals surface area contributed by atoms with Crippen LogP contribution >= 0.6 is 12.2 Å². The molecule has 0 saturated carbocycles. The van der Waals surface area contributed by atoms with Crippen molar-refractivity contribution in [1.82, 2.24) is 4.98 Å². The smallest absolute Gasteiger partial charge is 0.128 e. The van der Waals surface area contributed by atoms with Crippen molar-refractivity contribution >= 4 is 12.2 Å². The summed E-state index contributed by atoms with van der Waals surface area (Å²) in [6.07, 6.45) is 0. The van der Waals surface area contributed by atoms with Gasteiger partial charge in [-0.1, -0.05) is 24.4 Å². The van der Waals surface area contributed by atoms with Crippen molar-refractivity contribution in [1.29, 1.82) is 0 Å². The number of hydrogen-bond donors (Lipinski definition) is 1. The van der Waals surface area contributed by atoms with Gasteiger partial charge in [-0.3, -0.25) is 0 Å². The average molecular weight is 245 g/mol. The number of H-pyrrole nitrogens is 1. The van der Waals surface area contributed by atoms with E-state index in [0.29, 0.717) is 0 Å². The quantitative estimate of drug-likeness (QED) is 0.808. The lowest BCUT2D eigenvalue weighted by atomic mass is 10.0. The molecule has 0 unspecified atom stereocenters. The Bertz CT molecular complexity index is 601. The molecule has 17 heavy (non-hydrogen) atoms. The number of aromatic amines is 1. The number of rotatable bonds is 2. The topological polar surface area (TPSA) is 25.0 Å². The van der Waals surface area contributed by atoms with E-state index >= 15 is 0 Å². The lowest BCUT2D eigenvalue weighted by Crippen LogP contribution is -1.94. The second kappa shape index (κ2) is 4.72. The first kappa shape index (κ1) is 11.9. The zero-order valence-electron chi connectivity index (χ0n) is 10.2.